The second-order valence-electron chi connectivity index (χ2n) is 6.38. The number of hydrogen-bond donors (Lipinski definition) is 0. The molecule has 0 spiro atoms. The maximum absolute atomic E-state index is 13.3. The quantitative estimate of drug-likeness (QED) is 0.669. The Morgan fingerprint density at radius 3 is 2.13 bits per heavy atom. The molecule has 1 aromatic heterocycles. The molecular formula is C18H16F2N2O. The van der Waals surface area contributed by atoms with Gasteiger partial charge in [-0.1, -0.05) is 50.2 Å². The van der Waals surface area contributed by atoms with E-state index in [4.69, 9.17) is 4.52 Å². The predicted molar refractivity (Wildman–Crippen MR) is 83.8 cm³/mol. The molecule has 0 bridgehead atoms. The molecule has 0 aliphatic rings. The van der Waals surface area contributed by atoms with E-state index in [9.17, 15) is 8.78 Å². The molecule has 0 aliphatic heterocycles. The van der Waals surface area contributed by atoms with E-state index in [1.165, 1.54) is 11.6 Å². The first-order valence-corrected chi connectivity index (χ1v) is 7.24. The highest BCUT2D eigenvalue weighted by atomic mass is 19.2. The summed E-state index contributed by atoms with van der Waals surface area (Å²) < 4.78 is 31.4. The standard InChI is InChI=1S/C18H16F2N2O/c1-18(2,3)13-7-4-11(5-8-13)16-21-17(23-22-16)12-6-9-14(19)15(20)10-12/h4-10H,1-3H3. The average molecular weight is 314 g/mol. The fraction of sp³-hybridized carbons (Fsp3) is 0.222. The van der Waals surface area contributed by atoms with Crippen molar-refractivity contribution in [2.24, 2.45) is 0 Å². The van der Waals surface area contributed by atoms with Crippen LogP contribution in [0.25, 0.3) is 22.8 Å². The summed E-state index contributed by atoms with van der Waals surface area (Å²) in [4.78, 5) is 4.25. The molecule has 0 atom stereocenters. The van der Waals surface area contributed by atoms with Crippen LogP contribution in [0.3, 0.4) is 0 Å². The van der Waals surface area contributed by atoms with Gasteiger partial charge in [-0.05, 0) is 29.2 Å². The van der Waals surface area contributed by atoms with Gasteiger partial charge < -0.3 is 4.52 Å². The zero-order chi connectivity index (χ0) is 16.6. The van der Waals surface area contributed by atoms with Crippen molar-refractivity contribution >= 4 is 0 Å². The van der Waals surface area contributed by atoms with Crippen LogP contribution in [0.5, 0.6) is 0 Å². The normalized spacial score (nSPS) is 11.7. The van der Waals surface area contributed by atoms with E-state index < -0.39 is 11.6 Å². The van der Waals surface area contributed by atoms with Gasteiger partial charge in [-0.2, -0.15) is 4.98 Å². The molecule has 3 aromatic rings. The van der Waals surface area contributed by atoms with Crippen LogP contribution in [0, 0.1) is 11.6 Å². The number of nitrogens with zero attached hydrogens (tertiary/aromatic N) is 2. The van der Waals surface area contributed by atoms with Crippen LogP contribution < -0.4 is 0 Å². The number of hydrogen-bond acceptors (Lipinski definition) is 3. The summed E-state index contributed by atoms with van der Waals surface area (Å²) in [7, 11) is 0. The summed E-state index contributed by atoms with van der Waals surface area (Å²) in [5.74, 6) is -1.30. The summed E-state index contributed by atoms with van der Waals surface area (Å²) in [5, 5.41) is 3.90. The van der Waals surface area contributed by atoms with E-state index in [-0.39, 0.29) is 11.3 Å². The van der Waals surface area contributed by atoms with Crippen molar-refractivity contribution in [1.29, 1.82) is 0 Å². The first kappa shape index (κ1) is 15.3. The van der Waals surface area contributed by atoms with Crippen LogP contribution in [-0.4, -0.2) is 10.1 Å². The van der Waals surface area contributed by atoms with Crippen LogP contribution in [0.4, 0.5) is 8.78 Å². The number of halogens is 2. The van der Waals surface area contributed by atoms with Gasteiger partial charge in [0.15, 0.2) is 11.6 Å². The average Bonchev–Trinajstić information content (AvgIpc) is 2.99. The van der Waals surface area contributed by atoms with Crippen molar-refractivity contribution in [2.75, 3.05) is 0 Å². The van der Waals surface area contributed by atoms with Crippen LogP contribution in [0.15, 0.2) is 47.0 Å². The number of aromatic nitrogens is 2. The SMILES string of the molecule is CC(C)(C)c1ccc(-c2noc(-c3ccc(F)c(F)c3)n2)cc1. The third-order valence-electron chi connectivity index (χ3n) is 3.60. The van der Waals surface area contributed by atoms with E-state index in [1.54, 1.807) is 0 Å². The van der Waals surface area contributed by atoms with Gasteiger partial charge in [0.2, 0.25) is 5.82 Å². The highest BCUT2D eigenvalue weighted by Gasteiger charge is 2.15. The first-order valence-electron chi connectivity index (χ1n) is 7.24. The lowest BCUT2D eigenvalue weighted by molar-refractivity contribution is 0.431. The van der Waals surface area contributed by atoms with Crippen molar-refractivity contribution in [2.45, 2.75) is 26.2 Å². The Bertz CT molecular complexity index is 833. The largest absolute Gasteiger partial charge is 0.334 e. The van der Waals surface area contributed by atoms with Crippen molar-refractivity contribution in [1.82, 2.24) is 10.1 Å². The zero-order valence-electron chi connectivity index (χ0n) is 13.1. The Hall–Kier alpha value is -2.56. The molecule has 23 heavy (non-hydrogen) atoms. The topological polar surface area (TPSA) is 38.9 Å². The van der Waals surface area contributed by atoms with Gasteiger partial charge in [-0.3, -0.25) is 0 Å². The number of rotatable bonds is 2. The first-order chi connectivity index (χ1) is 10.8. The molecule has 5 heteroatoms. The van der Waals surface area contributed by atoms with Gasteiger partial charge >= 0.3 is 0 Å². The molecule has 3 rings (SSSR count). The van der Waals surface area contributed by atoms with E-state index in [0.29, 0.717) is 11.4 Å². The molecule has 0 aliphatic carbocycles. The molecule has 2 aromatic carbocycles. The molecule has 0 saturated heterocycles. The van der Waals surface area contributed by atoms with Crippen molar-refractivity contribution in [3.63, 3.8) is 0 Å². The third kappa shape index (κ3) is 3.13. The lowest BCUT2D eigenvalue weighted by atomic mass is 9.87. The molecule has 0 fully saturated rings. The molecule has 3 nitrogen and oxygen atoms in total. The molecule has 1 heterocycles. The summed E-state index contributed by atoms with van der Waals surface area (Å²) in [6, 6.07) is 11.3. The van der Waals surface area contributed by atoms with Gasteiger partial charge in [0.25, 0.3) is 5.89 Å². The summed E-state index contributed by atoms with van der Waals surface area (Å²) in [6.07, 6.45) is 0. The molecule has 0 radical (unpaired) electrons. The van der Waals surface area contributed by atoms with E-state index in [0.717, 1.165) is 17.7 Å². The van der Waals surface area contributed by atoms with Gasteiger partial charge in [-0.15, -0.1) is 0 Å². The lowest BCUT2D eigenvalue weighted by Crippen LogP contribution is -2.10. The molecule has 0 amide bonds. The Labute approximate surface area is 133 Å². The van der Waals surface area contributed by atoms with E-state index in [2.05, 4.69) is 30.9 Å². The van der Waals surface area contributed by atoms with E-state index in [1.807, 2.05) is 24.3 Å². The van der Waals surface area contributed by atoms with Crippen molar-refractivity contribution in [3.05, 3.63) is 59.7 Å². The highest BCUT2D eigenvalue weighted by Crippen LogP contribution is 2.27. The lowest BCUT2D eigenvalue weighted by Gasteiger charge is -2.18. The van der Waals surface area contributed by atoms with E-state index >= 15 is 0 Å². The van der Waals surface area contributed by atoms with Crippen LogP contribution in [0.1, 0.15) is 26.3 Å². The minimum atomic E-state index is -0.947. The van der Waals surface area contributed by atoms with Gasteiger partial charge in [0.05, 0.1) is 0 Å². The maximum atomic E-state index is 13.3. The Balaban J connectivity index is 1.91. The Kier molecular flexibility index (Phi) is 3.72. The fourth-order valence-electron chi connectivity index (χ4n) is 2.21. The summed E-state index contributed by atoms with van der Waals surface area (Å²) >= 11 is 0. The Morgan fingerprint density at radius 1 is 0.870 bits per heavy atom. The van der Waals surface area contributed by atoms with Crippen LogP contribution in [-0.2, 0) is 5.41 Å². The highest BCUT2D eigenvalue weighted by molar-refractivity contribution is 5.60. The van der Waals surface area contributed by atoms with Crippen molar-refractivity contribution < 1.29 is 13.3 Å². The summed E-state index contributed by atoms with van der Waals surface area (Å²) in [5.41, 5.74) is 2.40. The summed E-state index contributed by atoms with van der Waals surface area (Å²) in [6.45, 7) is 6.41. The minimum absolute atomic E-state index is 0.0621. The monoisotopic (exact) mass is 314 g/mol. The minimum Gasteiger partial charge on any atom is -0.334 e. The third-order valence-corrected chi connectivity index (χ3v) is 3.60. The molecule has 118 valence electrons. The van der Waals surface area contributed by atoms with Crippen LogP contribution >= 0.6 is 0 Å². The second kappa shape index (κ2) is 5.57. The Morgan fingerprint density at radius 2 is 1.52 bits per heavy atom. The van der Waals surface area contributed by atoms with Gasteiger partial charge in [0, 0.05) is 11.1 Å². The van der Waals surface area contributed by atoms with Gasteiger partial charge in [-0.25, -0.2) is 8.78 Å². The maximum Gasteiger partial charge on any atom is 0.258 e. The predicted octanol–water partition coefficient (Wildman–Crippen LogP) is 4.98. The second-order valence-corrected chi connectivity index (χ2v) is 6.38. The zero-order valence-corrected chi connectivity index (χ0v) is 13.1. The van der Waals surface area contributed by atoms with Crippen LogP contribution in [0.2, 0.25) is 0 Å². The van der Waals surface area contributed by atoms with Crippen molar-refractivity contribution in [3.8, 4) is 22.8 Å². The molecule has 0 saturated carbocycles. The van der Waals surface area contributed by atoms with Gasteiger partial charge in [0.1, 0.15) is 0 Å². The number of benzene rings is 2. The molecular weight excluding hydrogens is 298 g/mol. The smallest absolute Gasteiger partial charge is 0.258 e. The molecule has 0 N–H and O–H groups in total. The fourth-order valence-corrected chi connectivity index (χ4v) is 2.21. The molecule has 0 unspecified atom stereocenters.